The third-order valence-electron chi connectivity index (χ3n) is 3.25. The number of nitrogens with zero attached hydrogens (tertiary/aromatic N) is 1. The normalized spacial score (nSPS) is 25.0. The molecule has 1 aliphatic rings. The van der Waals surface area contributed by atoms with Gasteiger partial charge in [-0.3, -0.25) is 9.69 Å². The number of ether oxygens (including phenoxy) is 1. The first-order valence-electron chi connectivity index (χ1n) is 6.61. The molecule has 0 spiro atoms. The Hall–Kier alpha value is -1.19. The summed E-state index contributed by atoms with van der Waals surface area (Å²) in [4.78, 5) is 14.3. The minimum absolute atomic E-state index is 0.224. The van der Waals surface area contributed by atoms with Crippen LogP contribution in [0.4, 0.5) is 0 Å². The molecule has 1 saturated heterocycles. The molecule has 0 unspecified atom stereocenters. The highest BCUT2D eigenvalue weighted by molar-refractivity contribution is 5.96. The number of Topliss-reactive ketones (excluding diaryl/α,β-unsaturated/α-hetero) is 1. The highest BCUT2D eigenvalue weighted by Gasteiger charge is 2.22. The number of benzene rings is 1. The van der Waals surface area contributed by atoms with E-state index in [9.17, 15) is 4.79 Å². The van der Waals surface area contributed by atoms with Crippen molar-refractivity contribution in [2.24, 2.45) is 0 Å². The van der Waals surface area contributed by atoms with Gasteiger partial charge in [0.15, 0.2) is 5.78 Å². The summed E-state index contributed by atoms with van der Waals surface area (Å²) >= 11 is 0. The fraction of sp³-hybridized carbons (Fsp3) is 0.533. The lowest BCUT2D eigenvalue weighted by Crippen LogP contribution is -2.46. The topological polar surface area (TPSA) is 29.5 Å². The Morgan fingerprint density at radius 3 is 2.44 bits per heavy atom. The summed E-state index contributed by atoms with van der Waals surface area (Å²) < 4.78 is 5.68. The molecule has 1 aliphatic heterocycles. The predicted octanol–water partition coefficient (Wildman–Crippen LogP) is 2.37. The average molecular weight is 247 g/mol. The van der Waals surface area contributed by atoms with E-state index in [2.05, 4.69) is 18.7 Å². The molecule has 1 heterocycles. The van der Waals surface area contributed by atoms with Gasteiger partial charge in [0.25, 0.3) is 0 Å². The van der Waals surface area contributed by atoms with E-state index in [0.717, 1.165) is 25.2 Å². The van der Waals surface area contributed by atoms with Crippen molar-refractivity contribution in [3.63, 3.8) is 0 Å². The second kappa shape index (κ2) is 6.12. The summed E-state index contributed by atoms with van der Waals surface area (Å²) in [7, 11) is 0. The van der Waals surface area contributed by atoms with Gasteiger partial charge in [0.2, 0.25) is 0 Å². The van der Waals surface area contributed by atoms with Gasteiger partial charge in [0.05, 0.1) is 12.2 Å². The van der Waals surface area contributed by atoms with Gasteiger partial charge >= 0.3 is 0 Å². The average Bonchev–Trinajstić information content (AvgIpc) is 2.36. The molecule has 1 aromatic rings. The number of hydrogen-bond acceptors (Lipinski definition) is 3. The molecular weight excluding hydrogens is 226 g/mol. The zero-order valence-electron chi connectivity index (χ0n) is 11.1. The van der Waals surface area contributed by atoms with Crippen LogP contribution in [-0.4, -0.2) is 42.5 Å². The van der Waals surface area contributed by atoms with Gasteiger partial charge < -0.3 is 4.74 Å². The summed E-state index contributed by atoms with van der Waals surface area (Å²) in [6.07, 6.45) is 1.12. The molecule has 2 rings (SSSR count). The van der Waals surface area contributed by atoms with Crippen molar-refractivity contribution < 1.29 is 9.53 Å². The van der Waals surface area contributed by atoms with Gasteiger partial charge in [-0.15, -0.1) is 0 Å². The van der Waals surface area contributed by atoms with Crippen molar-refractivity contribution >= 4 is 5.78 Å². The van der Waals surface area contributed by atoms with Crippen LogP contribution >= 0.6 is 0 Å². The van der Waals surface area contributed by atoms with Crippen LogP contribution in [0.1, 0.15) is 30.6 Å². The largest absolute Gasteiger partial charge is 0.373 e. The molecule has 98 valence electrons. The standard InChI is InChI=1S/C15H21NO2/c1-12-10-16(11-13(2)18-12)9-8-15(17)14-6-4-3-5-7-14/h3-7,12-13H,8-11H2,1-2H3/t12-,13+. The molecule has 0 aromatic heterocycles. The molecule has 0 bridgehead atoms. The Bertz CT molecular complexity index is 381. The minimum Gasteiger partial charge on any atom is -0.373 e. The molecule has 3 nitrogen and oxygen atoms in total. The van der Waals surface area contributed by atoms with Crippen LogP contribution in [0, 0.1) is 0 Å². The van der Waals surface area contributed by atoms with E-state index in [4.69, 9.17) is 4.74 Å². The van der Waals surface area contributed by atoms with Crippen molar-refractivity contribution in [3.05, 3.63) is 35.9 Å². The number of carbonyl (C=O) groups excluding carboxylic acids is 1. The van der Waals surface area contributed by atoms with Crippen LogP contribution in [0.25, 0.3) is 0 Å². The second-order valence-electron chi connectivity index (χ2n) is 5.06. The van der Waals surface area contributed by atoms with Crippen molar-refractivity contribution in [1.29, 1.82) is 0 Å². The zero-order valence-corrected chi connectivity index (χ0v) is 11.1. The highest BCUT2D eigenvalue weighted by atomic mass is 16.5. The van der Waals surface area contributed by atoms with Gasteiger partial charge in [-0.1, -0.05) is 30.3 Å². The van der Waals surface area contributed by atoms with E-state index in [1.807, 2.05) is 30.3 Å². The molecule has 18 heavy (non-hydrogen) atoms. The van der Waals surface area contributed by atoms with E-state index in [0.29, 0.717) is 6.42 Å². The van der Waals surface area contributed by atoms with Crippen LogP contribution in [0.5, 0.6) is 0 Å². The molecule has 1 fully saturated rings. The first-order chi connectivity index (χ1) is 8.65. The molecule has 1 aromatic carbocycles. The lowest BCUT2D eigenvalue weighted by molar-refractivity contribution is -0.0675. The molecule has 3 heteroatoms. The monoisotopic (exact) mass is 247 g/mol. The van der Waals surface area contributed by atoms with Gasteiger partial charge in [-0.05, 0) is 13.8 Å². The smallest absolute Gasteiger partial charge is 0.164 e. The Morgan fingerprint density at radius 2 is 1.83 bits per heavy atom. The fourth-order valence-corrected chi connectivity index (χ4v) is 2.50. The number of morpholine rings is 1. The SMILES string of the molecule is C[C@@H]1CN(CCC(=O)c2ccccc2)C[C@H](C)O1. The molecular formula is C15H21NO2. The Kier molecular flexibility index (Phi) is 4.50. The number of carbonyl (C=O) groups is 1. The molecule has 0 aliphatic carbocycles. The van der Waals surface area contributed by atoms with Crippen molar-refractivity contribution in [1.82, 2.24) is 4.90 Å². The number of rotatable bonds is 4. The van der Waals surface area contributed by atoms with E-state index >= 15 is 0 Å². The van der Waals surface area contributed by atoms with E-state index in [1.54, 1.807) is 0 Å². The maximum absolute atomic E-state index is 12.0. The third kappa shape index (κ3) is 3.65. The summed E-state index contributed by atoms with van der Waals surface area (Å²) in [5.41, 5.74) is 0.812. The van der Waals surface area contributed by atoms with Crippen molar-refractivity contribution in [2.45, 2.75) is 32.5 Å². The predicted molar refractivity (Wildman–Crippen MR) is 71.8 cm³/mol. The van der Waals surface area contributed by atoms with Crippen LogP contribution in [0.3, 0.4) is 0 Å². The van der Waals surface area contributed by atoms with Gasteiger partial charge in [-0.2, -0.15) is 0 Å². The van der Waals surface area contributed by atoms with Gasteiger partial charge in [-0.25, -0.2) is 0 Å². The van der Waals surface area contributed by atoms with Crippen molar-refractivity contribution in [3.8, 4) is 0 Å². The molecule has 0 amide bonds. The summed E-state index contributed by atoms with van der Waals surface area (Å²) in [6.45, 7) is 6.84. The summed E-state index contributed by atoms with van der Waals surface area (Å²) in [5, 5.41) is 0. The fourth-order valence-electron chi connectivity index (χ4n) is 2.50. The lowest BCUT2D eigenvalue weighted by atomic mass is 10.1. The third-order valence-corrected chi connectivity index (χ3v) is 3.25. The van der Waals surface area contributed by atoms with E-state index in [1.165, 1.54) is 0 Å². The number of hydrogen-bond donors (Lipinski definition) is 0. The first kappa shape index (κ1) is 13.2. The van der Waals surface area contributed by atoms with Crippen LogP contribution < -0.4 is 0 Å². The zero-order chi connectivity index (χ0) is 13.0. The Balaban J connectivity index is 1.83. The highest BCUT2D eigenvalue weighted by Crippen LogP contribution is 2.12. The van der Waals surface area contributed by atoms with Gasteiger partial charge in [0, 0.05) is 31.6 Å². The van der Waals surface area contributed by atoms with E-state index < -0.39 is 0 Å². The Morgan fingerprint density at radius 1 is 1.22 bits per heavy atom. The molecule has 0 saturated carbocycles. The first-order valence-corrected chi connectivity index (χ1v) is 6.61. The minimum atomic E-state index is 0.224. The van der Waals surface area contributed by atoms with E-state index in [-0.39, 0.29) is 18.0 Å². The van der Waals surface area contributed by atoms with Gasteiger partial charge in [0.1, 0.15) is 0 Å². The number of ketones is 1. The maximum atomic E-state index is 12.0. The van der Waals surface area contributed by atoms with Crippen LogP contribution in [0.2, 0.25) is 0 Å². The Labute approximate surface area is 109 Å². The lowest BCUT2D eigenvalue weighted by Gasteiger charge is -2.35. The second-order valence-corrected chi connectivity index (χ2v) is 5.06. The molecule has 0 radical (unpaired) electrons. The molecule has 2 atom stereocenters. The maximum Gasteiger partial charge on any atom is 0.164 e. The van der Waals surface area contributed by atoms with Crippen LogP contribution in [-0.2, 0) is 4.74 Å². The quantitative estimate of drug-likeness (QED) is 0.765. The molecule has 0 N–H and O–H groups in total. The van der Waals surface area contributed by atoms with Crippen molar-refractivity contribution in [2.75, 3.05) is 19.6 Å². The van der Waals surface area contributed by atoms with Crippen LogP contribution in [0.15, 0.2) is 30.3 Å². The summed E-state index contributed by atoms with van der Waals surface area (Å²) in [5.74, 6) is 0.224. The summed E-state index contributed by atoms with van der Waals surface area (Å²) in [6, 6.07) is 9.51.